The molecule has 0 bridgehead atoms. The summed E-state index contributed by atoms with van der Waals surface area (Å²) in [5, 5.41) is 0. The number of rotatable bonds is 8. The molecule has 0 aromatic heterocycles. The third kappa shape index (κ3) is 5.62. The van der Waals surface area contributed by atoms with Crippen molar-refractivity contribution in [1.82, 2.24) is 9.80 Å². The molecular weight excluding hydrogens is 287 g/mol. The molecule has 122 valence electrons. The Morgan fingerprint density at radius 1 is 0.696 bits per heavy atom. The Balaban J connectivity index is 1.98. The van der Waals surface area contributed by atoms with E-state index in [4.69, 9.17) is 9.31 Å². The van der Waals surface area contributed by atoms with Gasteiger partial charge in [0.15, 0.2) is 0 Å². The van der Waals surface area contributed by atoms with Gasteiger partial charge in [-0.05, 0) is 40.3 Å². The van der Waals surface area contributed by atoms with E-state index in [0.29, 0.717) is 0 Å². The molecule has 2 rings (SSSR count). The summed E-state index contributed by atoms with van der Waals surface area (Å²) in [4.78, 5) is 4.24. The minimum atomic E-state index is 0.203. The second-order valence-corrected chi connectivity index (χ2v) is 6.10. The summed E-state index contributed by atoms with van der Waals surface area (Å²) in [6.45, 7) is 1.68. The van der Waals surface area contributed by atoms with E-state index in [9.17, 15) is 0 Å². The van der Waals surface area contributed by atoms with Crippen LogP contribution in [-0.2, 0) is 13.1 Å². The summed E-state index contributed by atoms with van der Waals surface area (Å²) in [6, 6.07) is 16.1. The van der Waals surface area contributed by atoms with Crippen LogP contribution in [0.5, 0.6) is 11.5 Å². The molecule has 0 fully saturated rings. The monoisotopic (exact) mass is 312 g/mol. The highest BCUT2D eigenvalue weighted by Crippen LogP contribution is 2.21. The Labute approximate surface area is 139 Å². The average Bonchev–Trinajstić information content (AvgIpc) is 2.49. The molecule has 0 radical (unpaired) electrons. The maximum absolute atomic E-state index is 5.84. The number of hydrogen-bond donors (Lipinski definition) is 0. The van der Waals surface area contributed by atoms with Gasteiger partial charge in [-0.25, -0.2) is 0 Å². The van der Waals surface area contributed by atoms with Crippen molar-refractivity contribution >= 4 is 7.69 Å². The predicted molar refractivity (Wildman–Crippen MR) is 96.1 cm³/mol. The van der Waals surface area contributed by atoms with E-state index in [0.717, 1.165) is 35.7 Å². The smallest absolute Gasteiger partial charge is 0.528 e. The predicted octanol–water partition coefficient (Wildman–Crippen LogP) is 2.53. The topological polar surface area (TPSA) is 24.9 Å². The molecule has 0 aliphatic heterocycles. The van der Waals surface area contributed by atoms with Crippen molar-refractivity contribution in [3.63, 3.8) is 0 Å². The molecule has 0 spiro atoms. The fraction of sp³-hybridized carbons (Fsp3) is 0.333. The minimum Gasteiger partial charge on any atom is -0.528 e. The first-order chi connectivity index (χ1) is 11.1. The Bertz CT molecular complexity index is 564. The maximum Gasteiger partial charge on any atom is 0.576 e. The summed E-state index contributed by atoms with van der Waals surface area (Å²) in [7, 11) is 8.39. The van der Waals surface area contributed by atoms with Crippen LogP contribution in [0.2, 0.25) is 0 Å². The van der Waals surface area contributed by atoms with Crippen LogP contribution in [0.1, 0.15) is 11.1 Å². The van der Waals surface area contributed by atoms with Crippen LogP contribution in [-0.4, -0.2) is 45.7 Å². The van der Waals surface area contributed by atoms with E-state index >= 15 is 0 Å². The molecule has 23 heavy (non-hydrogen) atoms. The second kappa shape index (κ2) is 8.60. The second-order valence-electron chi connectivity index (χ2n) is 6.10. The van der Waals surface area contributed by atoms with E-state index < -0.39 is 0 Å². The highest BCUT2D eigenvalue weighted by molar-refractivity contribution is 6.20. The standard InChI is InChI=1S/C18H25BN2O2/c1-20(2)13-15-9-5-7-11-17(15)22-19-23-18-12-8-6-10-16(18)14-21(3)4/h5-12,19H,13-14H2,1-4H3. The van der Waals surface area contributed by atoms with Gasteiger partial charge in [-0.3, -0.25) is 0 Å². The Hall–Kier alpha value is -1.98. The van der Waals surface area contributed by atoms with Gasteiger partial charge in [-0.1, -0.05) is 36.4 Å². The number of hydrogen-bond acceptors (Lipinski definition) is 4. The molecule has 0 amide bonds. The summed E-state index contributed by atoms with van der Waals surface area (Å²) in [6.07, 6.45) is 0. The number of para-hydroxylation sites is 2. The molecule has 0 saturated heterocycles. The Kier molecular flexibility index (Phi) is 6.50. The van der Waals surface area contributed by atoms with Gasteiger partial charge < -0.3 is 19.1 Å². The molecule has 2 aromatic rings. The van der Waals surface area contributed by atoms with Crippen molar-refractivity contribution in [2.24, 2.45) is 0 Å². The zero-order valence-electron chi connectivity index (χ0n) is 14.5. The molecule has 0 aliphatic rings. The van der Waals surface area contributed by atoms with Crippen LogP contribution < -0.4 is 9.31 Å². The third-order valence-electron chi connectivity index (χ3n) is 3.35. The van der Waals surface area contributed by atoms with Crippen LogP contribution in [0, 0.1) is 0 Å². The number of benzene rings is 2. The van der Waals surface area contributed by atoms with Crippen LogP contribution in [0.15, 0.2) is 48.5 Å². The third-order valence-corrected chi connectivity index (χ3v) is 3.35. The zero-order valence-corrected chi connectivity index (χ0v) is 14.5. The van der Waals surface area contributed by atoms with Gasteiger partial charge in [-0.2, -0.15) is 0 Å². The molecular formula is C18H25BN2O2. The van der Waals surface area contributed by atoms with Crippen LogP contribution in [0.25, 0.3) is 0 Å². The Morgan fingerprint density at radius 3 is 1.48 bits per heavy atom. The molecule has 0 unspecified atom stereocenters. The first kappa shape index (κ1) is 17.4. The van der Waals surface area contributed by atoms with Crippen LogP contribution >= 0.6 is 0 Å². The van der Waals surface area contributed by atoms with Crippen molar-refractivity contribution in [3.8, 4) is 11.5 Å². The first-order valence-corrected chi connectivity index (χ1v) is 7.77. The summed E-state index contributed by atoms with van der Waals surface area (Å²) >= 11 is 0. The van der Waals surface area contributed by atoms with Gasteiger partial charge in [0, 0.05) is 24.2 Å². The molecule has 0 saturated carbocycles. The zero-order chi connectivity index (χ0) is 16.7. The largest absolute Gasteiger partial charge is 0.576 e. The fourth-order valence-corrected chi connectivity index (χ4v) is 2.39. The summed E-state index contributed by atoms with van der Waals surface area (Å²) in [5.41, 5.74) is 2.31. The van der Waals surface area contributed by atoms with Gasteiger partial charge in [-0.15, -0.1) is 0 Å². The van der Waals surface area contributed by atoms with Crippen molar-refractivity contribution in [1.29, 1.82) is 0 Å². The van der Waals surface area contributed by atoms with Gasteiger partial charge in [0.25, 0.3) is 0 Å². The molecule has 0 N–H and O–H groups in total. The fourth-order valence-electron chi connectivity index (χ4n) is 2.39. The van der Waals surface area contributed by atoms with Crippen LogP contribution in [0.3, 0.4) is 0 Å². The van der Waals surface area contributed by atoms with Crippen LogP contribution in [0.4, 0.5) is 0 Å². The van der Waals surface area contributed by atoms with Gasteiger partial charge in [0.1, 0.15) is 11.5 Å². The first-order valence-electron chi connectivity index (χ1n) is 7.77. The number of nitrogens with zero attached hydrogens (tertiary/aromatic N) is 2. The molecule has 2 aromatic carbocycles. The van der Waals surface area contributed by atoms with Gasteiger partial charge in [0.2, 0.25) is 0 Å². The van der Waals surface area contributed by atoms with Gasteiger partial charge in [0.05, 0.1) is 0 Å². The lowest BCUT2D eigenvalue weighted by Crippen LogP contribution is -2.17. The highest BCUT2D eigenvalue weighted by Gasteiger charge is 2.08. The van der Waals surface area contributed by atoms with E-state index in [1.165, 1.54) is 0 Å². The van der Waals surface area contributed by atoms with Crippen molar-refractivity contribution in [2.45, 2.75) is 13.1 Å². The SMILES string of the molecule is CN(C)Cc1ccccc1OBOc1ccccc1CN(C)C. The van der Waals surface area contributed by atoms with E-state index in [1.807, 2.05) is 64.6 Å². The van der Waals surface area contributed by atoms with E-state index in [2.05, 4.69) is 21.9 Å². The lowest BCUT2D eigenvalue weighted by atomic mass is 10.1. The quantitative estimate of drug-likeness (QED) is 0.699. The molecule has 4 nitrogen and oxygen atoms in total. The highest BCUT2D eigenvalue weighted by atomic mass is 16.6. The lowest BCUT2D eigenvalue weighted by Gasteiger charge is -2.17. The summed E-state index contributed by atoms with van der Waals surface area (Å²) in [5.74, 6) is 1.73. The van der Waals surface area contributed by atoms with Crippen molar-refractivity contribution in [3.05, 3.63) is 59.7 Å². The van der Waals surface area contributed by atoms with Gasteiger partial charge >= 0.3 is 7.69 Å². The minimum absolute atomic E-state index is 0.203. The van der Waals surface area contributed by atoms with Crippen molar-refractivity contribution < 1.29 is 9.31 Å². The Morgan fingerprint density at radius 2 is 1.09 bits per heavy atom. The summed E-state index contributed by atoms with van der Waals surface area (Å²) < 4.78 is 11.7. The lowest BCUT2D eigenvalue weighted by molar-refractivity contribution is 0.383. The molecule has 0 heterocycles. The van der Waals surface area contributed by atoms with Crippen molar-refractivity contribution in [2.75, 3.05) is 28.2 Å². The normalized spacial score (nSPS) is 10.9. The van der Waals surface area contributed by atoms with E-state index in [-0.39, 0.29) is 7.69 Å². The maximum atomic E-state index is 5.84. The molecule has 0 aliphatic carbocycles. The molecule has 0 atom stereocenters. The average molecular weight is 312 g/mol. The van der Waals surface area contributed by atoms with E-state index in [1.54, 1.807) is 0 Å². The molecule has 5 heteroatoms.